The van der Waals surface area contributed by atoms with Gasteiger partial charge in [-0.15, -0.1) is 0 Å². The van der Waals surface area contributed by atoms with Crippen LogP contribution >= 0.6 is 0 Å². The third-order valence-corrected chi connectivity index (χ3v) is 5.75. The van der Waals surface area contributed by atoms with Crippen LogP contribution in [0.2, 0.25) is 0 Å². The zero-order valence-electron chi connectivity index (χ0n) is 15.1. The minimum absolute atomic E-state index is 0.148. The van der Waals surface area contributed by atoms with Gasteiger partial charge in [-0.2, -0.15) is 0 Å². The Labute approximate surface area is 153 Å². The second-order valence-corrected chi connectivity index (χ2v) is 7.59. The second kappa shape index (κ2) is 7.37. The van der Waals surface area contributed by atoms with E-state index in [9.17, 15) is 9.50 Å². The van der Waals surface area contributed by atoms with Crippen molar-refractivity contribution in [2.45, 2.75) is 38.3 Å². The molecule has 0 amide bonds. The summed E-state index contributed by atoms with van der Waals surface area (Å²) in [5.74, 6) is 0.889. The number of rotatable bonds is 4. The molecule has 5 nitrogen and oxygen atoms in total. The average molecular weight is 359 g/mol. The summed E-state index contributed by atoms with van der Waals surface area (Å²) in [6, 6.07) is 9.39. The van der Waals surface area contributed by atoms with Crippen molar-refractivity contribution in [1.29, 1.82) is 0 Å². The van der Waals surface area contributed by atoms with Gasteiger partial charge in [0.25, 0.3) is 0 Å². The molecule has 1 aromatic carbocycles. The molecule has 1 aromatic heterocycles. The number of hydrogen-bond donors (Lipinski definition) is 1. The van der Waals surface area contributed by atoms with Crippen LogP contribution in [0.1, 0.15) is 24.3 Å². The first-order valence-corrected chi connectivity index (χ1v) is 9.44. The third-order valence-electron chi connectivity index (χ3n) is 5.75. The topological polar surface area (TPSA) is 52.7 Å². The highest BCUT2D eigenvalue weighted by atomic mass is 19.1. The molecule has 6 heteroatoms. The summed E-state index contributed by atoms with van der Waals surface area (Å²) in [4.78, 5) is 4.53. The number of benzene rings is 1. The number of halogens is 1. The van der Waals surface area contributed by atoms with E-state index >= 15 is 0 Å². The van der Waals surface area contributed by atoms with Gasteiger partial charge in [0.05, 0.1) is 17.5 Å². The smallest absolute Gasteiger partial charge is 0.146 e. The third kappa shape index (κ3) is 3.62. The molecule has 0 spiro atoms. The molecule has 1 N–H and O–H groups in total. The van der Waals surface area contributed by atoms with Crippen LogP contribution in [0.4, 0.5) is 10.1 Å². The van der Waals surface area contributed by atoms with Crippen molar-refractivity contribution in [2.24, 2.45) is 5.92 Å². The van der Waals surface area contributed by atoms with Crippen LogP contribution in [-0.4, -0.2) is 53.5 Å². The highest BCUT2D eigenvalue weighted by Crippen LogP contribution is 2.29. The summed E-state index contributed by atoms with van der Waals surface area (Å²) in [6.45, 7) is 5.20. The van der Waals surface area contributed by atoms with Crippen LogP contribution < -0.4 is 4.90 Å². The molecule has 0 bridgehead atoms. The summed E-state index contributed by atoms with van der Waals surface area (Å²) in [5.41, 5.74) is 1.58. The fourth-order valence-electron chi connectivity index (χ4n) is 4.34. The van der Waals surface area contributed by atoms with Crippen molar-refractivity contribution in [3.8, 4) is 0 Å². The number of aromatic nitrogens is 1. The Balaban J connectivity index is 1.33. The SMILES string of the molecule is Cc1cc(C[C@@H]2CN(C3CCN(c4ccccc4F)CC3)C[C@@H]2O)on1. The number of nitrogens with zero attached hydrogens (tertiary/aromatic N) is 3. The lowest BCUT2D eigenvalue weighted by Gasteiger charge is -2.38. The zero-order chi connectivity index (χ0) is 18.1. The Kier molecular flexibility index (Phi) is 4.96. The maximum atomic E-state index is 14.0. The molecular weight excluding hydrogens is 333 g/mol. The van der Waals surface area contributed by atoms with E-state index in [1.807, 2.05) is 25.1 Å². The molecule has 3 heterocycles. The number of likely N-dealkylation sites (tertiary alicyclic amines) is 1. The predicted octanol–water partition coefficient (Wildman–Crippen LogP) is 2.63. The van der Waals surface area contributed by atoms with Crippen molar-refractivity contribution in [3.05, 3.63) is 47.6 Å². The highest BCUT2D eigenvalue weighted by Gasteiger charge is 2.37. The van der Waals surface area contributed by atoms with Gasteiger partial charge in [-0.3, -0.25) is 4.90 Å². The first-order chi connectivity index (χ1) is 12.6. The molecule has 2 aromatic rings. The van der Waals surface area contributed by atoms with Crippen LogP contribution in [0.15, 0.2) is 34.9 Å². The number of para-hydroxylation sites is 1. The van der Waals surface area contributed by atoms with Crippen LogP contribution in [0.25, 0.3) is 0 Å². The Morgan fingerprint density at radius 1 is 1.23 bits per heavy atom. The van der Waals surface area contributed by atoms with Crippen molar-refractivity contribution in [3.63, 3.8) is 0 Å². The molecule has 2 atom stereocenters. The number of hydrogen-bond acceptors (Lipinski definition) is 5. The van der Waals surface area contributed by atoms with Gasteiger partial charge < -0.3 is 14.5 Å². The van der Waals surface area contributed by atoms with E-state index in [2.05, 4.69) is 15.0 Å². The maximum absolute atomic E-state index is 14.0. The van der Waals surface area contributed by atoms with Gasteiger partial charge in [-0.1, -0.05) is 17.3 Å². The van der Waals surface area contributed by atoms with E-state index in [0.717, 1.165) is 50.4 Å². The predicted molar refractivity (Wildman–Crippen MR) is 97.6 cm³/mol. The standard InChI is InChI=1S/C20H26FN3O2/c1-14-10-17(26-22-14)11-15-12-24(13-20(15)25)16-6-8-23(9-7-16)19-5-3-2-4-18(19)21/h2-5,10,15-16,20,25H,6-9,11-13H2,1H3/t15-,20+/m1/s1. The molecule has 0 aliphatic carbocycles. The molecule has 2 aliphatic rings. The average Bonchev–Trinajstić information content (AvgIpc) is 3.22. The first kappa shape index (κ1) is 17.5. The normalized spacial score (nSPS) is 25.1. The zero-order valence-corrected chi connectivity index (χ0v) is 15.1. The fraction of sp³-hybridized carbons (Fsp3) is 0.550. The number of piperidine rings is 1. The second-order valence-electron chi connectivity index (χ2n) is 7.59. The van der Waals surface area contributed by atoms with Crippen molar-refractivity contribution < 1.29 is 14.0 Å². The number of anilines is 1. The molecule has 0 saturated carbocycles. The summed E-state index contributed by atoms with van der Waals surface area (Å²) >= 11 is 0. The minimum atomic E-state index is -0.329. The molecule has 26 heavy (non-hydrogen) atoms. The van der Waals surface area contributed by atoms with Gasteiger partial charge in [-0.25, -0.2) is 4.39 Å². The van der Waals surface area contributed by atoms with Gasteiger partial charge >= 0.3 is 0 Å². The van der Waals surface area contributed by atoms with Gasteiger partial charge in [0.15, 0.2) is 0 Å². The molecule has 4 rings (SSSR count). The summed E-state index contributed by atoms with van der Waals surface area (Å²) in [6.07, 6.45) is 2.39. The number of aliphatic hydroxyl groups is 1. The summed E-state index contributed by atoms with van der Waals surface area (Å²) < 4.78 is 19.3. The lowest BCUT2D eigenvalue weighted by Crippen LogP contribution is -2.44. The van der Waals surface area contributed by atoms with Crippen LogP contribution in [0.3, 0.4) is 0 Å². The van der Waals surface area contributed by atoms with Gasteiger partial charge in [0, 0.05) is 50.6 Å². The number of β-amino-alcohol motifs (C(OH)–C–C–N with tert-alkyl or cyclic N) is 1. The van der Waals surface area contributed by atoms with E-state index in [1.165, 1.54) is 6.07 Å². The van der Waals surface area contributed by atoms with Gasteiger partial charge in [0.2, 0.25) is 0 Å². The Hall–Kier alpha value is -1.92. The Morgan fingerprint density at radius 3 is 2.69 bits per heavy atom. The van der Waals surface area contributed by atoms with Crippen LogP contribution in [0.5, 0.6) is 0 Å². The highest BCUT2D eigenvalue weighted by molar-refractivity contribution is 5.47. The number of aliphatic hydroxyl groups excluding tert-OH is 1. The van der Waals surface area contributed by atoms with E-state index in [0.29, 0.717) is 18.3 Å². The molecule has 2 aliphatic heterocycles. The van der Waals surface area contributed by atoms with E-state index in [4.69, 9.17) is 4.52 Å². The van der Waals surface area contributed by atoms with Crippen LogP contribution in [-0.2, 0) is 6.42 Å². The summed E-state index contributed by atoms with van der Waals surface area (Å²) in [5, 5.41) is 14.4. The Bertz CT molecular complexity index is 742. The monoisotopic (exact) mass is 359 g/mol. The quantitative estimate of drug-likeness (QED) is 0.910. The minimum Gasteiger partial charge on any atom is -0.391 e. The van der Waals surface area contributed by atoms with E-state index < -0.39 is 0 Å². The molecule has 2 fully saturated rings. The summed E-state index contributed by atoms with van der Waals surface area (Å²) in [7, 11) is 0. The first-order valence-electron chi connectivity index (χ1n) is 9.44. The lowest BCUT2D eigenvalue weighted by molar-refractivity contribution is 0.129. The van der Waals surface area contributed by atoms with Crippen molar-refractivity contribution >= 4 is 5.69 Å². The molecule has 0 unspecified atom stereocenters. The van der Waals surface area contributed by atoms with Crippen molar-refractivity contribution in [1.82, 2.24) is 10.1 Å². The molecule has 0 radical (unpaired) electrons. The lowest BCUT2D eigenvalue weighted by atomic mass is 10.00. The molecule has 140 valence electrons. The molecule has 2 saturated heterocycles. The number of aryl methyl sites for hydroxylation is 1. The fourth-order valence-corrected chi connectivity index (χ4v) is 4.34. The van der Waals surface area contributed by atoms with E-state index in [1.54, 1.807) is 6.07 Å². The Morgan fingerprint density at radius 2 is 2.00 bits per heavy atom. The molecular formula is C20H26FN3O2. The van der Waals surface area contributed by atoms with Crippen LogP contribution in [0, 0.1) is 18.7 Å². The van der Waals surface area contributed by atoms with Gasteiger partial charge in [-0.05, 0) is 31.9 Å². The van der Waals surface area contributed by atoms with Crippen molar-refractivity contribution in [2.75, 3.05) is 31.1 Å². The largest absolute Gasteiger partial charge is 0.391 e. The van der Waals surface area contributed by atoms with Gasteiger partial charge in [0.1, 0.15) is 11.6 Å². The maximum Gasteiger partial charge on any atom is 0.146 e. The van der Waals surface area contributed by atoms with E-state index in [-0.39, 0.29) is 17.8 Å².